The van der Waals surface area contributed by atoms with E-state index in [2.05, 4.69) is 35.9 Å². The summed E-state index contributed by atoms with van der Waals surface area (Å²) in [6.07, 6.45) is 0.844. The Labute approximate surface area is 441 Å². The summed E-state index contributed by atoms with van der Waals surface area (Å²) in [4.78, 5) is 50.9. The van der Waals surface area contributed by atoms with Crippen molar-refractivity contribution in [2.24, 2.45) is 0 Å². The third-order valence-corrected chi connectivity index (χ3v) is 13.6. The number of ether oxygens (including phenoxy) is 2. The summed E-state index contributed by atoms with van der Waals surface area (Å²) in [5.74, 6) is 0.695. The van der Waals surface area contributed by atoms with Gasteiger partial charge in [0.2, 0.25) is 11.9 Å². The van der Waals surface area contributed by atoms with Crippen LogP contribution in [0, 0.1) is 11.3 Å². The van der Waals surface area contributed by atoms with Crippen molar-refractivity contribution in [3.05, 3.63) is 104 Å². The highest BCUT2D eigenvalue weighted by Crippen LogP contribution is 2.38. The lowest BCUT2D eigenvalue weighted by molar-refractivity contribution is -0.138. The van der Waals surface area contributed by atoms with Crippen LogP contribution in [0.1, 0.15) is 135 Å². The molecule has 6 rings (SSSR count). The summed E-state index contributed by atoms with van der Waals surface area (Å²) >= 11 is 15.5. The highest BCUT2D eigenvalue weighted by atomic mass is 79.9. The van der Waals surface area contributed by atoms with Crippen LogP contribution in [0.2, 0.25) is 10.0 Å². The standard InChI is InChI=1S/C26H31ClF3N5O2.C25H31BrClF3N4O2/c1-5-21-10-23(11-22(6-2)35(21)25(36)37-16(3)4)34(24-32-13-18(12-31)14-33-24)15-17-7-19(26(28,29)30)9-20(27)8-17;1-5-20-10-22(11-21(6-2)34(20)24(35)36-15(3)4)33(23-31-12-18(26)13-32-23)14-16-7-17(25(28,29)30)9-19(27)8-16/h7-9,13-14,16,21-23H,5-6,10-11,15H2,1-4H3;7-9,12-13,15,20-22H,5-6,10-11,14H2,1-4H3/t21-,22+,23?;20-,21+,22?. The molecule has 2 amide bonds. The molecule has 4 heterocycles. The predicted octanol–water partition coefficient (Wildman–Crippen LogP) is 14.1. The quantitative estimate of drug-likeness (QED) is 0.111. The number of nitrogens with zero attached hydrogens (tertiary/aromatic N) is 9. The van der Waals surface area contributed by atoms with Crippen LogP contribution < -0.4 is 9.80 Å². The van der Waals surface area contributed by atoms with Gasteiger partial charge in [0, 0.05) is 71.8 Å². The van der Waals surface area contributed by atoms with Gasteiger partial charge in [0.1, 0.15) is 6.07 Å². The number of carbonyl (C=O) groups is 2. The minimum absolute atomic E-state index is 0.0145. The predicted molar refractivity (Wildman–Crippen MR) is 271 cm³/mol. The molecule has 22 heteroatoms. The number of anilines is 2. The first-order valence-corrected chi connectivity index (χ1v) is 25.9. The van der Waals surface area contributed by atoms with Gasteiger partial charge in [-0.2, -0.15) is 31.6 Å². The van der Waals surface area contributed by atoms with E-state index in [0.717, 1.165) is 24.3 Å². The fourth-order valence-electron chi connectivity index (χ4n) is 9.49. The topological polar surface area (TPSA) is 141 Å². The first-order chi connectivity index (χ1) is 34.4. The monoisotopic (exact) mass is 1130 g/mol. The van der Waals surface area contributed by atoms with Crippen molar-refractivity contribution in [2.75, 3.05) is 9.80 Å². The minimum atomic E-state index is -4.54. The van der Waals surface area contributed by atoms with Crippen molar-refractivity contribution in [3.8, 4) is 6.07 Å². The Balaban J connectivity index is 0.000000271. The highest BCUT2D eigenvalue weighted by Gasteiger charge is 2.43. The molecule has 2 fully saturated rings. The molecule has 2 aromatic heterocycles. The zero-order valence-corrected chi connectivity index (χ0v) is 45.1. The summed E-state index contributed by atoms with van der Waals surface area (Å²) in [7, 11) is 0. The third-order valence-electron chi connectivity index (χ3n) is 12.8. The van der Waals surface area contributed by atoms with Gasteiger partial charge in [0.25, 0.3) is 0 Å². The summed E-state index contributed by atoms with van der Waals surface area (Å²) in [6, 6.07) is 8.25. The zero-order valence-electron chi connectivity index (χ0n) is 42.0. The van der Waals surface area contributed by atoms with Crippen molar-refractivity contribution in [1.29, 1.82) is 5.26 Å². The zero-order chi connectivity index (χ0) is 53.9. The molecule has 2 aliphatic heterocycles. The minimum Gasteiger partial charge on any atom is -0.447 e. The number of carbonyl (C=O) groups excluding carboxylic acids is 2. The maximum Gasteiger partial charge on any atom is 0.416 e. The van der Waals surface area contributed by atoms with Crippen molar-refractivity contribution in [3.63, 3.8) is 0 Å². The van der Waals surface area contributed by atoms with Crippen LogP contribution in [0.4, 0.5) is 47.8 Å². The average Bonchev–Trinajstić information content (AvgIpc) is 3.33. The molecule has 0 saturated carbocycles. The fraction of sp³-hybridized carbons (Fsp3) is 0.549. The number of hydrogen-bond donors (Lipinski definition) is 0. The fourth-order valence-corrected chi connectivity index (χ4v) is 10.2. The van der Waals surface area contributed by atoms with Crippen LogP contribution in [0.5, 0.6) is 0 Å². The average molecular weight is 1130 g/mol. The summed E-state index contributed by atoms with van der Waals surface area (Å²) in [6.45, 7) is 15.5. The lowest BCUT2D eigenvalue weighted by Gasteiger charge is -2.47. The number of aromatic nitrogens is 4. The molecular weight excluding hydrogens is 1070 g/mol. The Morgan fingerprint density at radius 1 is 0.644 bits per heavy atom. The Morgan fingerprint density at radius 3 is 1.26 bits per heavy atom. The SMILES string of the molecule is CC[C@@H]1CC(N(Cc2cc(Cl)cc(C(F)(F)F)c2)c2ncc(Br)cn2)C[C@H](CC)N1C(=O)OC(C)C.CC[C@@H]1CC(N(Cc2cc(Cl)cc(C(F)(F)F)c2)c2ncc(C#N)cn2)C[C@H](CC)N1C(=O)OC(C)C. The molecule has 13 nitrogen and oxygen atoms in total. The van der Waals surface area contributed by atoms with E-state index < -0.39 is 23.5 Å². The lowest BCUT2D eigenvalue weighted by Crippen LogP contribution is -2.57. The van der Waals surface area contributed by atoms with E-state index in [-0.39, 0.29) is 89.3 Å². The number of likely N-dealkylation sites (tertiary alicyclic amines) is 2. The Morgan fingerprint density at radius 2 is 0.973 bits per heavy atom. The first-order valence-electron chi connectivity index (χ1n) is 24.3. The number of benzene rings is 2. The molecule has 0 aliphatic carbocycles. The number of rotatable bonds is 14. The van der Waals surface area contributed by atoms with E-state index in [4.69, 9.17) is 37.9 Å². The molecule has 73 heavy (non-hydrogen) atoms. The van der Waals surface area contributed by atoms with E-state index in [0.29, 0.717) is 78.9 Å². The van der Waals surface area contributed by atoms with Gasteiger partial charge in [0.05, 0.1) is 45.8 Å². The van der Waals surface area contributed by atoms with Gasteiger partial charge in [-0.15, -0.1) is 0 Å². The van der Waals surface area contributed by atoms with Crippen molar-refractivity contribution in [2.45, 2.75) is 181 Å². The number of amides is 2. The Bertz CT molecular complexity index is 2470. The number of halogens is 9. The molecule has 2 aromatic carbocycles. The smallest absolute Gasteiger partial charge is 0.416 e. The summed E-state index contributed by atoms with van der Waals surface area (Å²) in [5, 5.41) is 9.15. The second kappa shape index (κ2) is 25.9. The van der Waals surface area contributed by atoms with E-state index in [1.807, 2.05) is 62.3 Å². The van der Waals surface area contributed by atoms with E-state index in [9.17, 15) is 35.9 Å². The van der Waals surface area contributed by atoms with Gasteiger partial charge in [-0.1, -0.05) is 50.9 Å². The molecule has 2 saturated heterocycles. The van der Waals surface area contributed by atoms with E-state index in [1.54, 1.807) is 31.1 Å². The van der Waals surface area contributed by atoms with Crippen LogP contribution in [-0.4, -0.2) is 90.4 Å². The van der Waals surface area contributed by atoms with Crippen LogP contribution in [0.25, 0.3) is 0 Å². The Hall–Kier alpha value is -5.13. The van der Waals surface area contributed by atoms with Gasteiger partial charge >= 0.3 is 24.5 Å². The number of alkyl halides is 6. The first kappa shape index (κ1) is 58.8. The highest BCUT2D eigenvalue weighted by molar-refractivity contribution is 9.10. The largest absolute Gasteiger partial charge is 0.447 e. The molecule has 0 radical (unpaired) electrons. The summed E-state index contributed by atoms with van der Waals surface area (Å²) in [5.41, 5.74) is -0.597. The summed E-state index contributed by atoms with van der Waals surface area (Å²) < 4.78 is 92.5. The molecule has 398 valence electrons. The van der Waals surface area contributed by atoms with Crippen molar-refractivity contribution in [1.82, 2.24) is 29.7 Å². The molecule has 4 aromatic rings. The second-order valence-corrected chi connectivity index (χ2v) is 20.5. The molecule has 6 atom stereocenters. The molecular formula is C51H62BrCl2F6N9O4. The number of nitriles is 1. The van der Waals surface area contributed by atoms with Crippen molar-refractivity contribution < 1.29 is 45.4 Å². The molecule has 2 unspecified atom stereocenters. The molecule has 0 N–H and O–H groups in total. The maximum absolute atomic E-state index is 13.5. The second-order valence-electron chi connectivity index (χ2n) is 18.7. The lowest BCUT2D eigenvalue weighted by atomic mass is 9.87. The maximum atomic E-state index is 13.5. The molecule has 2 aliphatic rings. The molecule has 0 bridgehead atoms. The van der Waals surface area contributed by atoms with Gasteiger partial charge in [-0.25, -0.2) is 29.5 Å². The van der Waals surface area contributed by atoms with Crippen LogP contribution >= 0.6 is 39.1 Å². The van der Waals surface area contributed by atoms with Crippen molar-refractivity contribution >= 4 is 63.2 Å². The van der Waals surface area contributed by atoms with Crippen LogP contribution in [0.3, 0.4) is 0 Å². The van der Waals surface area contributed by atoms with Gasteiger partial charge in [-0.05, 0) is 143 Å². The Kier molecular flexibility index (Phi) is 20.8. The van der Waals surface area contributed by atoms with Gasteiger partial charge < -0.3 is 29.1 Å². The number of hydrogen-bond acceptors (Lipinski definition) is 11. The third kappa shape index (κ3) is 15.9. The van der Waals surface area contributed by atoms with Gasteiger partial charge in [-0.3, -0.25) is 0 Å². The molecule has 0 spiro atoms. The number of piperidine rings is 2. The van der Waals surface area contributed by atoms with E-state index in [1.165, 1.54) is 24.5 Å². The van der Waals surface area contributed by atoms with Crippen LogP contribution in [0.15, 0.2) is 65.7 Å². The van der Waals surface area contributed by atoms with E-state index >= 15 is 0 Å². The van der Waals surface area contributed by atoms with Gasteiger partial charge in [0.15, 0.2) is 0 Å². The normalized spacial score (nSPS) is 20.2. The van der Waals surface area contributed by atoms with Crippen LogP contribution in [-0.2, 0) is 34.9 Å².